The first-order valence-corrected chi connectivity index (χ1v) is 35.8. The molecule has 0 fully saturated rings. The van der Waals surface area contributed by atoms with E-state index in [1.54, 1.807) is 0 Å². The van der Waals surface area contributed by atoms with E-state index in [-0.39, 0.29) is 16.2 Å². The van der Waals surface area contributed by atoms with Crippen LogP contribution in [0, 0.1) is 0 Å². The maximum Gasteiger partial charge on any atom is 0.0540 e. The molecule has 0 amide bonds. The fourth-order valence-electron chi connectivity index (χ4n) is 19.3. The second-order valence-corrected chi connectivity index (χ2v) is 30.1. The van der Waals surface area contributed by atoms with Crippen molar-refractivity contribution in [2.45, 2.75) is 57.8 Å². The van der Waals surface area contributed by atoms with Crippen LogP contribution in [-0.2, 0) is 16.2 Å². The summed E-state index contributed by atoms with van der Waals surface area (Å²) < 4.78 is 0. The van der Waals surface area contributed by atoms with Gasteiger partial charge in [-0.3, -0.25) is 0 Å². The monoisotopic (exact) mass is 1290 g/mol. The molecule has 0 saturated heterocycles. The van der Waals surface area contributed by atoms with Gasteiger partial charge in [0.15, 0.2) is 0 Å². The summed E-state index contributed by atoms with van der Waals surface area (Å²) in [7, 11) is 0. The van der Waals surface area contributed by atoms with Gasteiger partial charge in [-0.1, -0.05) is 290 Å². The Balaban J connectivity index is 0.896. The Morgan fingerprint density at radius 1 is 0.188 bits per heavy atom. The number of hydrogen-bond donors (Lipinski definition) is 0. The summed E-state index contributed by atoms with van der Waals surface area (Å²) in [5, 5.41) is 15.1. The normalized spacial score (nSPS) is 14.3. The molecule has 2 nitrogen and oxygen atoms in total. The van der Waals surface area contributed by atoms with Crippen molar-refractivity contribution in [2.75, 3.05) is 9.80 Å². The van der Waals surface area contributed by atoms with E-state index in [1.165, 1.54) is 176 Å². The molecule has 0 saturated carbocycles. The van der Waals surface area contributed by atoms with Gasteiger partial charge in [0.2, 0.25) is 0 Å². The van der Waals surface area contributed by atoms with Gasteiger partial charge in [0, 0.05) is 50.1 Å². The van der Waals surface area contributed by atoms with Crippen LogP contribution in [0.15, 0.2) is 315 Å². The van der Waals surface area contributed by atoms with Crippen LogP contribution in [-0.4, -0.2) is 0 Å². The van der Waals surface area contributed by atoms with E-state index in [0.29, 0.717) is 0 Å². The molecule has 0 aliphatic heterocycles. The number of hydrogen-bond acceptors (Lipinski definition) is 2. The number of para-hydroxylation sites is 2. The Morgan fingerprint density at radius 3 is 1.12 bits per heavy atom. The lowest BCUT2D eigenvalue weighted by Gasteiger charge is -2.36. The van der Waals surface area contributed by atoms with E-state index in [0.717, 1.165) is 34.1 Å². The lowest BCUT2D eigenvalue weighted by atomic mass is 9.67. The Hall–Kier alpha value is -12.1. The topological polar surface area (TPSA) is 6.48 Å². The van der Waals surface area contributed by atoms with Gasteiger partial charge in [0.1, 0.15) is 0 Å². The van der Waals surface area contributed by atoms with E-state index in [9.17, 15) is 0 Å². The SMILES string of the molecule is CC1(C)c2cc(N(c3ccccc3)c3ccc4c(-c5ccc6c7c(cccc57)C(C)(C)c5ccccc5-6)c5cc(N(c6ccccc6)c6ccc7c8c(cccc68)-c6ccccc6-7)ccc5c(-c5ccc6c7c(cccc57)C(C)(C)c5ccccc5-6)c4c3)ccc2-c2cccc3cccc1c23. The molecule has 101 heavy (non-hydrogen) atoms. The maximum atomic E-state index is 2.55. The highest BCUT2D eigenvalue weighted by Crippen LogP contribution is 2.59. The molecule has 0 atom stereocenters. The number of nitrogens with zero attached hydrogens (tertiary/aromatic N) is 2. The fraction of sp³-hybridized carbons (Fsp3) is 0.0909. The molecular weight excluding hydrogens is 1220 g/mol. The molecule has 0 N–H and O–H groups in total. The summed E-state index contributed by atoms with van der Waals surface area (Å²) >= 11 is 0. The maximum absolute atomic E-state index is 2.55. The van der Waals surface area contributed by atoms with Crippen LogP contribution in [0.4, 0.5) is 34.1 Å². The third-order valence-corrected chi connectivity index (χ3v) is 23.9. The molecule has 17 aromatic carbocycles. The highest BCUT2D eigenvalue weighted by molar-refractivity contribution is 6.28. The molecule has 0 aromatic heterocycles. The van der Waals surface area contributed by atoms with E-state index < -0.39 is 0 Å². The predicted octanol–water partition coefficient (Wildman–Crippen LogP) is 27.4. The molecule has 0 spiro atoms. The molecule has 0 bridgehead atoms. The second-order valence-electron chi connectivity index (χ2n) is 30.1. The van der Waals surface area contributed by atoms with E-state index in [4.69, 9.17) is 0 Å². The van der Waals surface area contributed by atoms with Crippen molar-refractivity contribution in [3.05, 3.63) is 349 Å². The minimum atomic E-state index is -0.277. The number of rotatable bonds is 8. The summed E-state index contributed by atoms with van der Waals surface area (Å²) in [6, 6.07) is 121. The zero-order chi connectivity index (χ0) is 67.4. The first-order valence-electron chi connectivity index (χ1n) is 35.8. The lowest BCUT2D eigenvalue weighted by Crippen LogP contribution is -2.24. The molecule has 21 rings (SSSR count). The van der Waals surface area contributed by atoms with Gasteiger partial charge in [-0.25, -0.2) is 0 Å². The third kappa shape index (κ3) is 7.99. The zero-order valence-corrected chi connectivity index (χ0v) is 57.4. The van der Waals surface area contributed by atoms with Crippen molar-refractivity contribution < 1.29 is 0 Å². The number of fused-ring (bicyclic) bond motifs is 11. The zero-order valence-electron chi connectivity index (χ0n) is 57.4. The molecule has 2 heteroatoms. The Kier molecular flexibility index (Phi) is 12.0. The summed E-state index contributed by atoms with van der Waals surface area (Å²) in [5.74, 6) is 0. The van der Waals surface area contributed by atoms with Crippen molar-refractivity contribution >= 4 is 98.8 Å². The van der Waals surface area contributed by atoms with Crippen molar-refractivity contribution in [1.29, 1.82) is 0 Å². The number of benzene rings is 17. The summed E-state index contributed by atoms with van der Waals surface area (Å²) in [4.78, 5) is 5.04. The average molecular weight is 1290 g/mol. The van der Waals surface area contributed by atoms with Crippen molar-refractivity contribution in [3.8, 4) is 77.9 Å². The second kappa shape index (κ2) is 21.0. The van der Waals surface area contributed by atoms with Crippen LogP contribution in [0.3, 0.4) is 0 Å². The summed E-state index contributed by atoms with van der Waals surface area (Å²) in [5.41, 5.74) is 31.7. The highest BCUT2D eigenvalue weighted by atomic mass is 15.1. The van der Waals surface area contributed by atoms with Crippen LogP contribution in [0.2, 0.25) is 0 Å². The predicted molar refractivity (Wildman–Crippen MR) is 429 cm³/mol. The van der Waals surface area contributed by atoms with Gasteiger partial charge in [-0.2, -0.15) is 0 Å². The van der Waals surface area contributed by atoms with Gasteiger partial charge in [-0.05, 0) is 237 Å². The van der Waals surface area contributed by atoms with Crippen LogP contribution >= 0.6 is 0 Å². The quantitative estimate of drug-likeness (QED) is 0.140. The van der Waals surface area contributed by atoms with Crippen LogP contribution < -0.4 is 9.80 Å². The lowest BCUT2D eigenvalue weighted by molar-refractivity contribution is 0.645. The van der Waals surface area contributed by atoms with Gasteiger partial charge in [0.05, 0.1) is 5.69 Å². The Bertz CT molecular complexity index is 6450. The molecule has 476 valence electrons. The average Bonchev–Trinajstić information content (AvgIpc) is 1.39. The van der Waals surface area contributed by atoms with Crippen LogP contribution in [0.25, 0.3) is 143 Å². The van der Waals surface area contributed by atoms with Crippen molar-refractivity contribution in [3.63, 3.8) is 0 Å². The van der Waals surface area contributed by atoms with Crippen molar-refractivity contribution in [1.82, 2.24) is 0 Å². The Morgan fingerprint density at radius 2 is 0.545 bits per heavy atom. The molecule has 17 aromatic rings. The standard InChI is InChI=1S/C99H70N2/c1-97(2)84-39-17-15-32-67(84)75-50-52-77(72-36-22-42-87(97)95(72)75)93-80-49-46-63(101(61-28-11-8-12-29-61)90-55-54-74-66-31-14-13-30-65(66)70-35-21-38-81(90)92(70)74)57-83(80)94(78-53-51-76-68-33-16-18-40-85(68)98(3,4)88-43-23-37-73(78)96(76)88)79-48-45-62(56-82(79)93)100(60-26-9-7-10-27-60)64-44-47-69-71-34-19-24-59-25-20-41-86(91(59)71)99(5,6)89(69)58-64/h7-58H,1-6H3. The molecule has 4 aliphatic rings. The van der Waals surface area contributed by atoms with E-state index in [2.05, 4.69) is 367 Å². The van der Waals surface area contributed by atoms with Gasteiger partial charge in [0.25, 0.3) is 0 Å². The van der Waals surface area contributed by atoms with Gasteiger partial charge >= 0.3 is 0 Å². The summed E-state index contributed by atoms with van der Waals surface area (Å²) in [6.45, 7) is 14.5. The highest BCUT2D eigenvalue weighted by Gasteiger charge is 2.38. The Labute approximate surface area is 589 Å². The minimum Gasteiger partial charge on any atom is -0.310 e. The van der Waals surface area contributed by atoms with Crippen molar-refractivity contribution in [2.24, 2.45) is 0 Å². The largest absolute Gasteiger partial charge is 0.310 e. The van der Waals surface area contributed by atoms with E-state index in [1.807, 2.05) is 0 Å². The third-order valence-electron chi connectivity index (χ3n) is 23.9. The van der Waals surface area contributed by atoms with Crippen LogP contribution in [0.1, 0.15) is 74.9 Å². The smallest absolute Gasteiger partial charge is 0.0540 e. The molecule has 0 unspecified atom stereocenters. The molecule has 4 aliphatic carbocycles. The fourth-order valence-corrected chi connectivity index (χ4v) is 19.3. The van der Waals surface area contributed by atoms with Gasteiger partial charge < -0.3 is 9.80 Å². The van der Waals surface area contributed by atoms with Crippen LogP contribution in [0.5, 0.6) is 0 Å². The minimum absolute atomic E-state index is 0.248. The summed E-state index contributed by atoms with van der Waals surface area (Å²) in [6.07, 6.45) is 0. The van der Waals surface area contributed by atoms with Gasteiger partial charge in [-0.15, -0.1) is 0 Å². The molecule has 0 radical (unpaired) electrons. The molecule has 0 heterocycles. The molecular formula is C99H70N2. The number of anilines is 6. The first kappa shape index (κ1) is 57.9. The van der Waals surface area contributed by atoms with E-state index >= 15 is 0 Å². The first-order chi connectivity index (χ1) is 49.4.